The summed E-state index contributed by atoms with van der Waals surface area (Å²) in [7, 11) is 0. The van der Waals surface area contributed by atoms with Crippen LogP contribution in [0.5, 0.6) is 5.75 Å². The molecule has 0 aliphatic rings. The van der Waals surface area contributed by atoms with Crippen molar-refractivity contribution in [2.75, 3.05) is 5.73 Å². The maximum Gasteiger partial charge on any atom is 0.139 e. The van der Waals surface area contributed by atoms with Crippen LogP contribution in [-0.2, 0) is 6.61 Å². The maximum absolute atomic E-state index is 5.83. The molecule has 0 bridgehead atoms. The topological polar surface area (TPSA) is 52.5 Å². The summed E-state index contributed by atoms with van der Waals surface area (Å²) in [5, 5.41) is 0. The van der Waals surface area contributed by atoms with Gasteiger partial charge in [-0.15, -0.1) is 0 Å². The van der Waals surface area contributed by atoms with Gasteiger partial charge in [0.15, 0.2) is 0 Å². The lowest BCUT2D eigenvalue weighted by molar-refractivity contribution is 0.298. The highest BCUT2D eigenvalue weighted by Gasteiger charge is 2.05. The first-order valence-electron chi connectivity index (χ1n) is 6.14. The molecule has 0 radical (unpaired) electrons. The van der Waals surface area contributed by atoms with Crippen LogP contribution in [-0.4, -0.2) is 9.38 Å². The SMILES string of the molecule is Cc1ccccc1OCc1cnc2cc(N)ccn12. The minimum atomic E-state index is 0.482. The van der Waals surface area contributed by atoms with Gasteiger partial charge in [0.05, 0.1) is 11.9 Å². The zero-order valence-corrected chi connectivity index (χ0v) is 10.7. The number of imidazole rings is 1. The first-order chi connectivity index (χ1) is 9.24. The van der Waals surface area contributed by atoms with E-state index < -0.39 is 0 Å². The fourth-order valence-electron chi connectivity index (χ4n) is 2.03. The highest BCUT2D eigenvalue weighted by Crippen LogP contribution is 2.18. The molecule has 0 saturated carbocycles. The van der Waals surface area contributed by atoms with Crippen LogP contribution in [0.15, 0.2) is 48.8 Å². The van der Waals surface area contributed by atoms with Crippen LogP contribution >= 0.6 is 0 Å². The zero-order chi connectivity index (χ0) is 13.2. The van der Waals surface area contributed by atoms with E-state index >= 15 is 0 Å². The van der Waals surface area contributed by atoms with Crippen molar-refractivity contribution in [1.29, 1.82) is 0 Å². The van der Waals surface area contributed by atoms with Crippen LogP contribution in [0.25, 0.3) is 5.65 Å². The van der Waals surface area contributed by atoms with E-state index in [-0.39, 0.29) is 0 Å². The number of nitrogens with two attached hydrogens (primary N) is 1. The molecule has 0 amide bonds. The van der Waals surface area contributed by atoms with E-state index in [0.717, 1.165) is 22.7 Å². The minimum absolute atomic E-state index is 0.482. The smallest absolute Gasteiger partial charge is 0.139 e. The summed E-state index contributed by atoms with van der Waals surface area (Å²) in [5.74, 6) is 0.896. The van der Waals surface area contributed by atoms with Crippen molar-refractivity contribution in [3.63, 3.8) is 0 Å². The van der Waals surface area contributed by atoms with Gasteiger partial charge in [-0.05, 0) is 24.6 Å². The predicted molar refractivity (Wildman–Crippen MR) is 75.1 cm³/mol. The van der Waals surface area contributed by atoms with E-state index in [1.165, 1.54) is 0 Å². The summed E-state index contributed by atoms with van der Waals surface area (Å²) in [4.78, 5) is 4.32. The predicted octanol–water partition coefficient (Wildman–Crippen LogP) is 2.80. The highest BCUT2D eigenvalue weighted by molar-refractivity contribution is 5.52. The number of ether oxygens (including phenoxy) is 1. The largest absolute Gasteiger partial charge is 0.487 e. The van der Waals surface area contributed by atoms with Gasteiger partial charge in [0.25, 0.3) is 0 Å². The van der Waals surface area contributed by atoms with Crippen LogP contribution in [0.4, 0.5) is 5.69 Å². The number of pyridine rings is 1. The Balaban J connectivity index is 1.84. The van der Waals surface area contributed by atoms with Crippen LogP contribution in [0.1, 0.15) is 11.3 Å². The quantitative estimate of drug-likeness (QED) is 0.781. The molecule has 0 aliphatic heterocycles. The van der Waals surface area contributed by atoms with Gasteiger partial charge in [0.1, 0.15) is 18.0 Å². The van der Waals surface area contributed by atoms with E-state index in [1.54, 1.807) is 0 Å². The highest BCUT2D eigenvalue weighted by atomic mass is 16.5. The Hall–Kier alpha value is -2.49. The van der Waals surface area contributed by atoms with E-state index in [2.05, 4.69) is 4.98 Å². The molecule has 19 heavy (non-hydrogen) atoms. The maximum atomic E-state index is 5.83. The third kappa shape index (κ3) is 2.25. The molecule has 4 heteroatoms. The third-order valence-electron chi connectivity index (χ3n) is 3.08. The molecule has 0 atom stereocenters. The van der Waals surface area contributed by atoms with Crippen LogP contribution < -0.4 is 10.5 Å². The van der Waals surface area contributed by atoms with Crippen molar-refractivity contribution in [2.24, 2.45) is 0 Å². The first-order valence-corrected chi connectivity index (χ1v) is 6.14. The van der Waals surface area contributed by atoms with Gasteiger partial charge in [0, 0.05) is 18.0 Å². The molecule has 96 valence electrons. The number of aromatic nitrogens is 2. The van der Waals surface area contributed by atoms with E-state index in [0.29, 0.717) is 12.3 Å². The molecule has 0 spiro atoms. The number of hydrogen-bond donors (Lipinski definition) is 1. The Kier molecular flexibility index (Phi) is 2.83. The number of nitrogen functional groups attached to an aromatic ring is 1. The van der Waals surface area contributed by atoms with Crippen LogP contribution in [0, 0.1) is 6.92 Å². The number of fused-ring (bicyclic) bond motifs is 1. The van der Waals surface area contributed by atoms with Crippen molar-refractivity contribution in [3.8, 4) is 5.75 Å². The van der Waals surface area contributed by atoms with Crippen molar-refractivity contribution in [2.45, 2.75) is 13.5 Å². The second kappa shape index (κ2) is 4.65. The van der Waals surface area contributed by atoms with Crippen molar-refractivity contribution < 1.29 is 4.74 Å². The molecule has 0 aliphatic carbocycles. The molecule has 3 rings (SSSR count). The summed E-state index contributed by atoms with van der Waals surface area (Å²) >= 11 is 0. The van der Waals surface area contributed by atoms with E-state index in [9.17, 15) is 0 Å². The zero-order valence-electron chi connectivity index (χ0n) is 10.7. The monoisotopic (exact) mass is 253 g/mol. The Morgan fingerprint density at radius 2 is 2.11 bits per heavy atom. The summed E-state index contributed by atoms with van der Waals surface area (Å²) < 4.78 is 7.81. The van der Waals surface area contributed by atoms with Gasteiger partial charge in [0.2, 0.25) is 0 Å². The van der Waals surface area contributed by atoms with Crippen LogP contribution in [0.3, 0.4) is 0 Å². The standard InChI is InChI=1S/C15H15N3O/c1-11-4-2-3-5-14(11)19-10-13-9-17-15-8-12(16)6-7-18(13)15/h2-9H,10,16H2,1H3. The lowest BCUT2D eigenvalue weighted by Crippen LogP contribution is -2.00. The lowest BCUT2D eigenvalue weighted by Gasteiger charge is -2.08. The molecule has 0 unspecified atom stereocenters. The van der Waals surface area contributed by atoms with Gasteiger partial charge < -0.3 is 14.9 Å². The fraction of sp³-hybridized carbons (Fsp3) is 0.133. The molecule has 4 nitrogen and oxygen atoms in total. The minimum Gasteiger partial charge on any atom is -0.487 e. The first kappa shape index (κ1) is 11.6. The Labute approximate surface area is 111 Å². The molecule has 0 fully saturated rings. The summed E-state index contributed by atoms with van der Waals surface area (Å²) in [5.41, 5.74) is 9.41. The molecule has 0 saturated heterocycles. The normalized spacial score (nSPS) is 10.8. The van der Waals surface area contributed by atoms with Crippen molar-refractivity contribution >= 4 is 11.3 Å². The third-order valence-corrected chi connectivity index (χ3v) is 3.08. The Morgan fingerprint density at radius 1 is 1.26 bits per heavy atom. The molecule has 1 aromatic carbocycles. The van der Waals surface area contributed by atoms with Crippen molar-refractivity contribution in [1.82, 2.24) is 9.38 Å². The average Bonchev–Trinajstić information content (AvgIpc) is 2.80. The van der Waals surface area contributed by atoms with E-state index in [4.69, 9.17) is 10.5 Å². The second-order valence-electron chi connectivity index (χ2n) is 4.49. The molecule has 2 heterocycles. The molecular formula is C15H15N3O. The van der Waals surface area contributed by atoms with Gasteiger partial charge in [-0.2, -0.15) is 0 Å². The van der Waals surface area contributed by atoms with Gasteiger partial charge in [-0.1, -0.05) is 18.2 Å². The fourth-order valence-corrected chi connectivity index (χ4v) is 2.03. The molecule has 3 aromatic rings. The molecule has 2 aromatic heterocycles. The van der Waals surface area contributed by atoms with Gasteiger partial charge >= 0.3 is 0 Å². The number of rotatable bonds is 3. The average molecular weight is 253 g/mol. The molecule has 2 N–H and O–H groups in total. The van der Waals surface area contributed by atoms with Crippen LogP contribution in [0.2, 0.25) is 0 Å². The number of anilines is 1. The summed E-state index contributed by atoms with van der Waals surface area (Å²) in [6, 6.07) is 11.7. The summed E-state index contributed by atoms with van der Waals surface area (Å²) in [6.45, 7) is 2.51. The Bertz CT molecular complexity index is 718. The second-order valence-corrected chi connectivity index (χ2v) is 4.49. The summed E-state index contributed by atoms with van der Waals surface area (Å²) in [6.07, 6.45) is 3.72. The number of hydrogen-bond acceptors (Lipinski definition) is 3. The number of aryl methyl sites for hydroxylation is 1. The Morgan fingerprint density at radius 3 is 2.95 bits per heavy atom. The molecular weight excluding hydrogens is 238 g/mol. The number of nitrogens with zero attached hydrogens (tertiary/aromatic N) is 2. The lowest BCUT2D eigenvalue weighted by atomic mass is 10.2. The van der Waals surface area contributed by atoms with E-state index in [1.807, 2.05) is 60.1 Å². The van der Waals surface area contributed by atoms with Gasteiger partial charge in [-0.25, -0.2) is 4.98 Å². The van der Waals surface area contributed by atoms with Crippen molar-refractivity contribution in [3.05, 3.63) is 60.0 Å². The number of benzene rings is 1. The number of para-hydroxylation sites is 1. The van der Waals surface area contributed by atoms with Gasteiger partial charge in [-0.3, -0.25) is 0 Å².